The van der Waals surface area contributed by atoms with Crippen molar-refractivity contribution >= 4 is 59.6 Å². The molecule has 0 spiro atoms. The number of amides is 2. The number of nitrogens with one attached hydrogen (secondary N) is 1. The summed E-state index contributed by atoms with van der Waals surface area (Å²) in [4.78, 5) is 56.9. The second-order valence-electron chi connectivity index (χ2n) is 11.3. The van der Waals surface area contributed by atoms with Crippen LogP contribution in [0.15, 0.2) is 28.7 Å². The van der Waals surface area contributed by atoms with Crippen LogP contribution in [0.5, 0.6) is 5.75 Å². The van der Waals surface area contributed by atoms with Gasteiger partial charge in [-0.05, 0) is 58.6 Å². The summed E-state index contributed by atoms with van der Waals surface area (Å²) in [5.74, 6) is -7.73. The fraction of sp³-hybridized carbons (Fsp3) is 0.481. The van der Waals surface area contributed by atoms with Crippen molar-refractivity contribution in [2.45, 2.75) is 24.5 Å². The molecule has 13 nitrogen and oxygen atoms in total. The standard InChI is InChI=1S/C27H35N5O8.2ClH/c1-30(2)10-16(33)29-14-9-15(31(3)4)12-7-11-8-13-20(32(5)6)23(36)19(26(28)39)25(38)27(13,40)24(37)17(11)22(35)18(12)21(14)34;;/h9,11,13,20,34,36-37,40H,7-8,10H2,1-6H3,(H2,28,39)(H,29,33);2*1H/t11?,13?,20-,27-;;/m0../s1. The molecule has 0 aliphatic heterocycles. The third kappa shape index (κ3) is 5.20. The lowest BCUT2D eigenvalue weighted by Gasteiger charge is -2.50. The molecule has 2 unspecified atom stereocenters. The highest BCUT2D eigenvalue weighted by atomic mass is 35.5. The minimum absolute atomic E-state index is 0. The van der Waals surface area contributed by atoms with Crippen LogP contribution in [0, 0.1) is 11.8 Å². The van der Waals surface area contributed by atoms with Crippen LogP contribution >= 0.6 is 24.8 Å². The number of carbonyl (C=O) groups excluding carboxylic acids is 4. The zero-order valence-electron chi connectivity index (χ0n) is 24.1. The predicted octanol–water partition coefficient (Wildman–Crippen LogP) is 0.530. The van der Waals surface area contributed by atoms with Gasteiger partial charge in [-0.25, -0.2) is 0 Å². The molecule has 0 saturated carbocycles. The number of primary amides is 1. The first-order valence-corrected chi connectivity index (χ1v) is 12.7. The monoisotopic (exact) mass is 629 g/mol. The van der Waals surface area contributed by atoms with E-state index in [4.69, 9.17) is 5.73 Å². The Hall–Kier alpha value is -3.36. The summed E-state index contributed by atoms with van der Waals surface area (Å²) in [6.45, 7) is 0.0158. The molecular formula is C27H37Cl2N5O8. The van der Waals surface area contributed by atoms with Crippen molar-refractivity contribution in [1.29, 1.82) is 0 Å². The van der Waals surface area contributed by atoms with Gasteiger partial charge < -0.3 is 41.3 Å². The second kappa shape index (κ2) is 12.1. The molecule has 0 saturated heterocycles. The minimum Gasteiger partial charge on any atom is -0.510 e. The number of benzene rings is 1. The van der Waals surface area contributed by atoms with Crippen LogP contribution in [0.4, 0.5) is 11.4 Å². The number of allylic oxidation sites excluding steroid dienone is 1. The molecule has 0 bridgehead atoms. The summed E-state index contributed by atoms with van der Waals surface area (Å²) >= 11 is 0. The van der Waals surface area contributed by atoms with Gasteiger partial charge in [0.2, 0.25) is 11.7 Å². The van der Waals surface area contributed by atoms with Crippen molar-refractivity contribution in [3.63, 3.8) is 0 Å². The number of nitrogens with two attached hydrogens (primary N) is 1. The van der Waals surface area contributed by atoms with Crippen molar-refractivity contribution < 1.29 is 39.6 Å². The Morgan fingerprint density at radius 1 is 1.07 bits per heavy atom. The summed E-state index contributed by atoms with van der Waals surface area (Å²) in [6.07, 6.45) is 0.127. The van der Waals surface area contributed by atoms with Crippen molar-refractivity contribution in [2.24, 2.45) is 17.6 Å². The van der Waals surface area contributed by atoms with E-state index in [-0.39, 0.29) is 61.0 Å². The normalized spacial score (nSPS) is 24.8. The quantitative estimate of drug-likeness (QED) is 0.190. The smallest absolute Gasteiger partial charge is 0.255 e. The lowest BCUT2D eigenvalue weighted by molar-refractivity contribution is -0.148. The van der Waals surface area contributed by atoms with Crippen LogP contribution in [-0.4, -0.2) is 114 Å². The number of aliphatic hydroxyl groups is 3. The third-order valence-electron chi connectivity index (χ3n) is 7.91. The fourth-order valence-electron chi connectivity index (χ4n) is 6.27. The first kappa shape index (κ1) is 34.8. The number of aromatic hydroxyl groups is 1. The van der Waals surface area contributed by atoms with E-state index in [1.807, 2.05) is 0 Å². The topological polar surface area (TPSA) is 197 Å². The van der Waals surface area contributed by atoms with Gasteiger partial charge in [-0.3, -0.25) is 24.1 Å². The van der Waals surface area contributed by atoms with Gasteiger partial charge in [0, 0.05) is 31.3 Å². The highest BCUT2D eigenvalue weighted by molar-refractivity contribution is 6.25. The van der Waals surface area contributed by atoms with E-state index in [1.165, 1.54) is 4.90 Å². The average molecular weight is 631 g/mol. The Bertz CT molecular complexity index is 1410. The lowest BCUT2D eigenvalue weighted by Crippen LogP contribution is -2.63. The van der Waals surface area contributed by atoms with Gasteiger partial charge >= 0.3 is 0 Å². The number of likely N-dealkylation sites (N-methyl/N-ethyl adjacent to an activating group) is 2. The number of phenolic OH excluding ortho intramolecular Hbond substituents is 1. The number of anilines is 2. The molecular weight excluding hydrogens is 593 g/mol. The molecule has 0 heterocycles. The van der Waals surface area contributed by atoms with E-state index in [9.17, 15) is 39.6 Å². The molecule has 3 aliphatic carbocycles. The number of nitrogens with zero attached hydrogens (tertiary/aromatic N) is 3. The molecule has 7 N–H and O–H groups in total. The van der Waals surface area contributed by atoms with E-state index in [0.29, 0.717) is 11.3 Å². The van der Waals surface area contributed by atoms with Gasteiger partial charge in [0.25, 0.3) is 5.91 Å². The van der Waals surface area contributed by atoms with Gasteiger partial charge in [0.15, 0.2) is 17.1 Å². The zero-order valence-corrected chi connectivity index (χ0v) is 25.7. The molecule has 232 valence electrons. The summed E-state index contributed by atoms with van der Waals surface area (Å²) in [5.41, 5.74) is 2.33. The van der Waals surface area contributed by atoms with Gasteiger partial charge in [0.05, 0.1) is 23.8 Å². The molecule has 15 heteroatoms. The van der Waals surface area contributed by atoms with E-state index in [2.05, 4.69) is 5.32 Å². The zero-order chi connectivity index (χ0) is 30.0. The Balaban J connectivity index is 0.00000308. The third-order valence-corrected chi connectivity index (χ3v) is 7.91. The van der Waals surface area contributed by atoms with Crippen molar-refractivity contribution in [1.82, 2.24) is 9.80 Å². The van der Waals surface area contributed by atoms with E-state index >= 15 is 0 Å². The van der Waals surface area contributed by atoms with E-state index in [0.717, 1.165) is 0 Å². The molecule has 0 aromatic heterocycles. The fourth-order valence-corrected chi connectivity index (χ4v) is 6.27. The van der Waals surface area contributed by atoms with E-state index < -0.39 is 69.7 Å². The number of fused-ring (bicyclic) bond motifs is 3. The molecule has 4 atom stereocenters. The maximum absolute atomic E-state index is 14.0. The van der Waals surface area contributed by atoms with E-state index in [1.54, 1.807) is 58.2 Å². The summed E-state index contributed by atoms with van der Waals surface area (Å²) in [5, 5.41) is 47.8. The molecule has 1 aromatic carbocycles. The number of halogens is 2. The van der Waals surface area contributed by atoms with Crippen molar-refractivity contribution in [3.05, 3.63) is 39.9 Å². The van der Waals surface area contributed by atoms with Crippen molar-refractivity contribution in [2.75, 3.05) is 59.0 Å². The highest BCUT2D eigenvalue weighted by Gasteiger charge is 2.63. The minimum atomic E-state index is -2.72. The second-order valence-corrected chi connectivity index (χ2v) is 11.3. The highest BCUT2D eigenvalue weighted by Crippen LogP contribution is 2.53. The number of rotatable bonds is 6. The van der Waals surface area contributed by atoms with Gasteiger partial charge in [-0.1, -0.05) is 0 Å². The number of hydrogen-bond acceptors (Lipinski definition) is 11. The van der Waals surface area contributed by atoms with Crippen LogP contribution in [-0.2, 0) is 20.8 Å². The molecule has 0 radical (unpaired) electrons. The average Bonchev–Trinajstić information content (AvgIpc) is 2.81. The Kier molecular flexibility index (Phi) is 10.0. The van der Waals surface area contributed by atoms with Gasteiger partial charge in [-0.15, -0.1) is 24.8 Å². The molecule has 1 aromatic rings. The Morgan fingerprint density at radius 2 is 1.67 bits per heavy atom. The summed E-state index contributed by atoms with van der Waals surface area (Å²) in [7, 11) is 10.0. The number of aliphatic hydroxyl groups excluding tert-OH is 2. The maximum Gasteiger partial charge on any atom is 0.255 e. The Labute approximate surface area is 255 Å². The largest absolute Gasteiger partial charge is 0.510 e. The number of ketones is 2. The first-order valence-electron chi connectivity index (χ1n) is 12.7. The number of Topliss-reactive ketones (excluding diaryl/α,β-unsaturated/α-hetero) is 2. The van der Waals surface area contributed by atoms with Gasteiger partial charge in [-0.2, -0.15) is 0 Å². The lowest BCUT2D eigenvalue weighted by atomic mass is 9.58. The molecule has 42 heavy (non-hydrogen) atoms. The van der Waals surface area contributed by atoms with Crippen LogP contribution in [0.25, 0.3) is 0 Å². The number of carbonyl (C=O) groups is 4. The molecule has 2 amide bonds. The number of hydrogen-bond donors (Lipinski definition) is 6. The van der Waals surface area contributed by atoms with Crippen LogP contribution in [0.2, 0.25) is 0 Å². The predicted molar refractivity (Wildman–Crippen MR) is 160 cm³/mol. The molecule has 4 rings (SSSR count). The van der Waals surface area contributed by atoms with Gasteiger partial charge in [0.1, 0.15) is 17.1 Å². The van der Waals surface area contributed by atoms with Crippen LogP contribution < -0.4 is 16.0 Å². The molecule has 3 aliphatic rings. The SMILES string of the molecule is CN(C)CC(=O)Nc1cc(N(C)C)c2c(c1O)C(=O)C1=C(O)[C@]3(O)C(=O)C(C(N)=O)=C(O)[C@@H](N(C)C)C3CC1C2.Cl.Cl. The summed E-state index contributed by atoms with van der Waals surface area (Å²) < 4.78 is 0. The Morgan fingerprint density at radius 3 is 2.17 bits per heavy atom. The maximum atomic E-state index is 14.0. The first-order chi connectivity index (χ1) is 18.5. The van der Waals surface area contributed by atoms with Crippen LogP contribution in [0.1, 0.15) is 22.3 Å². The van der Waals surface area contributed by atoms with Crippen LogP contribution in [0.3, 0.4) is 0 Å². The molecule has 0 fully saturated rings. The summed E-state index contributed by atoms with van der Waals surface area (Å²) in [6, 6.07) is 0.491. The number of phenols is 1. The van der Waals surface area contributed by atoms with Crippen molar-refractivity contribution in [3.8, 4) is 5.75 Å².